The summed E-state index contributed by atoms with van der Waals surface area (Å²) in [5.74, 6) is -49.3. The molecule has 0 bridgehead atoms. The molecule has 0 aromatic heterocycles. The highest BCUT2D eigenvalue weighted by Gasteiger charge is 2.93. The van der Waals surface area contributed by atoms with Crippen molar-refractivity contribution in [3.63, 3.8) is 0 Å². The van der Waals surface area contributed by atoms with Crippen LogP contribution in [0.2, 0.25) is 0 Å². The highest BCUT2D eigenvalue weighted by atomic mass is 19.4. The van der Waals surface area contributed by atoms with E-state index in [9.17, 15) is 70.7 Å². The normalized spacial score (nSPS) is 16.4. The van der Waals surface area contributed by atoms with E-state index >= 15 is 0 Å². The van der Waals surface area contributed by atoms with Crippen LogP contribution in [0.15, 0.2) is 0 Å². The molecule has 0 aliphatic heterocycles. The first-order chi connectivity index (χ1) is 12.9. The average Bonchev–Trinajstić information content (AvgIpc) is 2.52. The van der Waals surface area contributed by atoms with Crippen LogP contribution in [0, 0.1) is 0 Å². The van der Waals surface area contributed by atoms with Gasteiger partial charge in [0.05, 0.1) is 19.1 Å². The van der Waals surface area contributed by atoms with Gasteiger partial charge < -0.3 is 10.5 Å². The number of carbonyl (C=O) groups excluding carboxylic acids is 1. The molecule has 0 saturated heterocycles. The molecule has 0 aromatic rings. The topological polar surface area (TPSA) is 52.3 Å². The molecule has 1 unspecified atom stereocenters. The van der Waals surface area contributed by atoms with Crippen LogP contribution in [0.4, 0.5) is 65.9 Å². The van der Waals surface area contributed by atoms with E-state index in [0.717, 1.165) is 6.92 Å². The Labute approximate surface area is 156 Å². The minimum atomic E-state index is -8.39. The van der Waals surface area contributed by atoms with Crippen LogP contribution < -0.4 is 5.73 Å². The predicted molar refractivity (Wildman–Crippen MR) is 65.0 cm³/mol. The van der Waals surface area contributed by atoms with Crippen LogP contribution in [0.3, 0.4) is 0 Å². The first-order valence-electron chi connectivity index (χ1n) is 7.12. The number of halogens is 15. The first-order valence-corrected chi connectivity index (χ1v) is 7.12. The molecule has 30 heavy (non-hydrogen) atoms. The van der Waals surface area contributed by atoms with Gasteiger partial charge in [-0.3, -0.25) is 4.79 Å². The van der Waals surface area contributed by atoms with Gasteiger partial charge in [-0.15, -0.1) is 0 Å². The van der Waals surface area contributed by atoms with Crippen molar-refractivity contribution >= 4 is 5.97 Å². The molecule has 180 valence electrons. The van der Waals surface area contributed by atoms with Crippen molar-refractivity contribution in [1.29, 1.82) is 0 Å². The number of alkyl halides is 15. The van der Waals surface area contributed by atoms with E-state index in [0.29, 0.717) is 0 Å². The fraction of sp³-hybridized carbons (Fsp3) is 0.917. The Balaban J connectivity index is 6.38. The minimum Gasteiger partial charge on any atom is -0.466 e. The molecule has 0 amide bonds. The van der Waals surface area contributed by atoms with Gasteiger partial charge in [0.1, 0.15) is 0 Å². The van der Waals surface area contributed by atoms with Crippen molar-refractivity contribution in [3.8, 4) is 0 Å². The van der Waals surface area contributed by atoms with Crippen LogP contribution in [0.1, 0.15) is 13.3 Å². The molecule has 2 N–H and O–H groups in total. The van der Waals surface area contributed by atoms with Gasteiger partial charge in [0.25, 0.3) is 0 Å². The number of rotatable bonds is 9. The van der Waals surface area contributed by atoms with Crippen molar-refractivity contribution in [2.24, 2.45) is 5.73 Å². The monoisotopic (exact) mass is 485 g/mol. The smallest absolute Gasteiger partial charge is 0.460 e. The fourth-order valence-electron chi connectivity index (χ4n) is 1.74. The zero-order valence-electron chi connectivity index (χ0n) is 14.1. The number of ether oxygens (including phenoxy) is 1. The highest BCUT2D eigenvalue weighted by molar-refractivity contribution is 5.70. The van der Waals surface area contributed by atoms with Crippen LogP contribution in [0.5, 0.6) is 0 Å². The van der Waals surface area contributed by atoms with Gasteiger partial charge in [-0.25, -0.2) is 0 Å². The molecule has 0 spiro atoms. The number of esters is 1. The highest BCUT2D eigenvalue weighted by Crippen LogP contribution is 2.62. The lowest BCUT2D eigenvalue weighted by molar-refractivity contribution is -0.453. The van der Waals surface area contributed by atoms with Gasteiger partial charge in [-0.1, -0.05) is 0 Å². The second kappa shape index (κ2) is 7.81. The molecule has 3 nitrogen and oxygen atoms in total. The maximum absolute atomic E-state index is 13.6. The van der Waals surface area contributed by atoms with E-state index in [1.807, 2.05) is 0 Å². The molecular formula is C12H10F15NO2. The summed E-state index contributed by atoms with van der Waals surface area (Å²) in [6, 6.07) is -3.83. The number of nitrogens with two attached hydrogens (primary N) is 1. The third-order valence-corrected chi connectivity index (χ3v) is 3.51. The Morgan fingerprint density at radius 2 is 1.03 bits per heavy atom. The molecule has 0 heterocycles. The molecule has 0 saturated carbocycles. The maximum Gasteiger partial charge on any atom is 0.460 e. The molecule has 1 atom stereocenters. The van der Waals surface area contributed by atoms with Crippen molar-refractivity contribution < 1.29 is 75.4 Å². The predicted octanol–water partition coefficient (Wildman–Crippen LogP) is 4.64. The van der Waals surface area contributed by atoms with Gasteiger partial charge in [0.2, 0.25) is 0 Å². The standard InChI is InChI=1S/C12H10F15NO2/c1-2-30-5(29)3-4(28)6(13,14)7(15,16)8(17,18)9(19,20)10(21,22)11(23,24)12(25,26)27/h4H,2-3,28H2,1H3. The van der Waals surface area contributed by atoms with Crippen molar-refractivity contribution in [1.82, 2.24) is 0 Å². The summed E-state index contributed by atoms with van der Waals surface area (Å²) in [4.78, 5) is 10.9. The quantitative estimate of drug-likeness (QED) is 0.383. The number of hydrogen-bond donors (Lipinski definition) is 1. The third-order valence-electron chi connectivity index (χ3n) is 3.51. The molecule has 0 fully saturated rings. The Bertz CT molecular complexity index is 628. The summed E-state index contributed by atoms with van der Waals surface area (Å²) in [7, 11) is 0. The molecule has 0 aromatic carbocycles. The molecule has 0 aliphatic rings. The zero-order chi connectivity index (χ0) is 24.8. The van der Waals surface area contributed by atoms with Crippen LogP contribution in [0.25, 0.3) is 0 Å². The lowest BCUT2D eigenvalue weighted by Gasteiger charge is -2.42. The maximum atomic E-state index is 13.6. The molecule has 0 rings (SSSR count). The van der Waals surface area contributed by atoms with Gasteiger partial charge in [-0.2, -0.15) is 65.9 Å². The second-order valence-electron chi connectivity index (χ2n) is 5.61. The van der Waals surface area contributed by atoms with Crippen molar-refractivity contribution in [2.45, 2.75) is 61.1 Å². The molecule has 0 radical (unpaired) electrons. The average molecular weight is 485 g/mol. The Morgan fingerprint density at radius 3 is 1.37 bits per heavy atom. The number of carbonyl (C=O) groups is 1. The van der Waals surface area contributed by atoms with E-state index in [-0.39, 0.29) is 0 Å². The van der Waals surface area contributed by atoms with E-state index in [4.69, 9.17) is 0 Å². The SMILES string of the molecule is CCOC(=O)CC(N)C(F)(F)C(F)(F)C(F)(F)C(F)(F)C(F)(F)C(F)(F)C(F)(F)F. The van der Waals surface area contributed by atoms with E-state index < -0.39 is 66.8 Å². The minimum absolute atomic E-state index is 0.597. The van der Waals surface area contributed by atoms with Gasteiger partial charge in [0, 0.05) is 0 Å². The van der Waals surface area contributed by atoms with Crippen LogP contribution >= 0.6 is 0 Å². The summed E-state index contributed by atoms with van der Waals surface area (Å²) in [5, 5.41) is 0. The first kappa shape index (κ1) is 28.4. The van der Waals surface area contributed by atoms with Crippen LogP contribution in [-0.2, 0) is 9.53 Å². The largest absolute Gasteiger partial charge is 0.466 e. The van der Waals surface area contributed by atoms with E-state index in [2.05, 4.69) is 10.5 Å². The van der Waals surface area contributed by atoms with Gasteiger partial charge in [0.15, 0.2) is 0 Å². The van der Waals surface area contributed by atoms with Gasteiger partial charge in [-0.05, 0) is 6.92 Å². The molecule has 0 aliphatic carbocycles. The summed E-state index contributed by atoms with van der Waals surface area (Å²) in [6.45, 7) is 0.439. The van der Waals surface area contributed by atoms with Crippen molar-refractivity contribution in [3.05, 3.63) is 0 Å². The summed E-state index contributed by atoms with van der Waals surface area (Å²) < 4.78 is 198. The van der Waals surface area contributed by atoms with Crippen molar-refractivity contribution in [2.75, 3.05) is 6.61 Å². The lowest BCUT2D eigenvalue weighted by Crippen LogP contribution is -2.74. The van der Waals surface area contributed by atoms with Gasteiger partial charge >= 0.3 is 47.7 Å². The van der Waals surface area contributed by atoms with E-state index in [1.54, 1.807) is 0 Å². The summed E-state index contributed by atoms with van der Waals surface area (Å²) in [6.07, 6.45) is -9.75. The summed E-state index contributed by atoms with van der Waals surface area (Å²) >= 11 is 0. The van der Waals surface area contributed by atoms with Crippen LogP contribution in [-0.4, -0.2) is 60.3 Å². The lowest BCUT2D eigenvalue weighted by atomic mass is 9.88. The second-order valence-corrected chi connectivity index (χ2v) is 5.61. The molecular weight excluding hydrogens is 475 g/mol. The Kier molecular flexibility index (Phi) is 7.39. The Morgan fingerprint density at radius 1 is 0.700 bits per heavy atom. The number of hydrogen-bond acceptors (Lipinski definition) is 3. The molecule has 18 heteroatoms. The van der Waals surface area contributed by atoms with E-state index in [1.165, 1.54) is 0 Å². The zero-order valence-corrected chi connectivity index (χ0v) is 14.1. The summed E-state index contributed by atoms with van der Waals surface area (Å²) in [5.41, 5.74) is 4.35. The fourth-order valence-corrected chi connectivity index (χ4v) is 1.74. The Hall–Kier alpha value is -1.62. The third kappa shape index (κ3) is 3.98.